The molecule has 86 heavy (non-hydrogen) atoms. The fraction of sp³-hybridized carbons (Fsp3) is 0.895. The summed E-state index contributed by atoms with van der Waals surface area (Å²) in [4.78, 5) is 72.8. The highest BCUT2D eigenvalue weighted by Crippen LogP contribution is 2.19. The summed E-state index contributed by atoms with van der Waals surface area (Å²) in [7, 11) is 0. The van der Waals surface area contributed by atoms with Crippen LogP contribution in [-0.4, -0.2) is 254 Å². The van der Waals surface area contributed by atoms with Gasteiger partial charge in [0.05, 0.1) is 83.3 Å². The molecule has 0 aliphatic carbocycles. The first-order chi connectivity index (χ1) is 40.9. The van der Waals surface area contributed by atoms with Gasteiger partial charge in [-0.25, -0.2) is 0 Å². The summed E-state index contributed by atoms with van der Waals surface area (Å²) in [6.45, 7) is 10.2. The molecule has 0 aromatic rings. The van der Waals surface area contributed by atoms with Crippen molar-refractivity contribution in [1.29, 1.82) is 0 Å². The van der Waals surface area contributed by atoms with Crippen LogP contribution in [0.4, 0.5) is 0 Å². The molecule has 0 saturated carbocycles. The van der Waals surface area contributed by atoms with Crippen LogP contribution >= 0.6 is 0 Å². The van der Waals surface area contributed by atoms with Gasteiger partial charge in [-0.3, -0.25) is 28.8 Å². The molecule has 15 N–H and O–H groups in total. The molecular weight excluding hydrogens is 1140 g/mol. The Hall–Kier alpha value is -3.86. The Bertz CT molecular complexity index is 1780. The van der Waals surface area contributed by atoms with Crippen LogP contribution in [0.1, 0.15) is 151 Å². The van der Waals surface area contributed by atoms with Crippen LogP contribution in [0.2, 0.25) is 0 Å². The van der Waals surface area contributed by atoms with E-state index in [-0.39, 0.29) is 109 Å². The van der Waals surface area contributed by atoms with E-state index in [1.807, 2.05) is 0 Å². The summed E-state index contributed by atoms with van der Waals surface area (Å²) >= 11 is 0. The van der Waals surface area contributed by atoms with Gasteiger partial charge in [-0.05, 0) is 72.6 Å². The summed E-state index contributed by atoms with van der Waals surface area (Å²) in [6.07, 6.45) is -2.66. The molecule has 0 radical (unpaired) electrons. The number of carbonyl (C=O) groups excluding carboxylic acids is 6. The highest BCUT2D eigenvalue weighted by molar-refractivity contribution is 5.77. The summed E-state index contributed by atoms with van der Waals surface area (Å²) in [5, 5.41) is 105. The van der Waals surface area contributed by atoms with E-state index in [2.05, 4.69) is 31.9 Å². The first-order valence-corrected chi connectivity index (χ1v) is 30.3. The van der Waals surface area contributed by atoms with Crippen LogP contribution in [-0.2, 0) is 66.7 Å². The van der Waals surface area contributed by atoms with Gasteiger partial charge in [0, 0.05) is 92.0 Å². The number of unbranched alkanes of at least 4 members (excludes halogenated alkanes) is 9. The van der Waals surface area contributed by atoms with Crippen molar-refractivity contribution in [3.05, 3.63) is 0 Å². The standard InChI is InChI=1S/C57H110N6O23/c1-39(68)45(33-64)32-47(46(34-65)61-42(4)71)81-26-17-11-8-14-23-58-50(74)20-29-79-37-57(7,84-31-22-52(76)60-25-16-10-13-19-28-83-56(54(78)63-44(6)73)86-49(36-67)41(3)70)38-80-30-21-51(75)59-24-15-9-12-18-27-82-55(53(77)62-43(5)72)85-48(35-66)40(2)69/h39-41,45-49,53-56,64-70,77-78H,8-38H2,1-7H3,(H,58,74)(H,59,75)(H,60,76)(H,61,71)(H,62,72)(H,63,73)/t39-,40-,41-,45?,46+,47?,48?,49?,53+,54+,55?,56?,57?/m1/s1. The first-order valence-electron chi connectivity index (χ1n) is 30.3. The molecule has 0 spiro atoms. The molecule has 0 heterocycles. The zero-order valence-corrected chi connectivity index (χ0v) is 52.1. The first kappa shape index (κ1) is 82.1. The fourth-order valence-corrected chi connectivity index (χ4v) is 8.26. The smallest absolute Gasteiger partial charge is 0.222 e. The maximum Gasteiger partial charge on any atom is 0.222 e. The normalized spacial score (nSPS) is 16.6. The maximum absolute atomic E-state index is 12.8. The molecular formula is C57H110N6O23. The van der Waals surface area contributed by atoms with Crippen LogP contribution in [0.25, 0.3) is 0 Å². The summed E-state index contributed by atoms with van der Waals surface area (Å²) in [6, 6.07) is -0.697. The molecule has 0 fully saturated rings. The Morgan fingerprint density at radius 2 is 0.802 bits per heavy atom. The second-order valence-corrected chi connectivity index (χ2v) is 21.7. The Morgan fingerprint density at radius 3 is 1.14 bits per heavy atom. The average molecular weight is 1250 g/mol. The molecule has 13 atom stereocenters. The lowest BCUT2D eigenvalue weighted by atomic mass is 9.93. The SMILES string of the molecule is CC(=O)N[C@@H](O)C(OCCCCCCNC(=O)CCOCC(C)(COCCC(=O)NCCCCCCOC(CC(CO)[C@@H](C)O)[C@H](CO)NC(C)=O)OCCC(=O)NCCCCCCOC(OC(CO)[C@@H](C)O)[C@H](O)NC(C)=O)OC(CO)[C@@H](C)O. The Labute approximate surface area is 508 Å². The number of amides is 6. The molecule has 506 valence electrons. The minimum atomic E-state index is -1.53. The van der Waals surface area contributed by atoms with Gasteiger partial charge in [0.1, 0.15) is 17.8 Å². The lowest BCUT2D eigenvalue weighted by molar-refractivity contribution is -0.240. The van der Waals surface area contributed by atoms with E-state index < -0.39 is 104 Å². The number of aliphatic hydroxyl groups excluding tert-OH is 9. The minimum absolute atomic E-state index is 0.00298. The van der Waals surface area contributed by atoms with Gasteiger partial charge in [0.2, 0.25) is 48.0 Å². The van der Waals surface area contributed by atoms with Crippen molar-refractivity contribution in [2.75, 3.05) is 98.9 Å². The van der Waals surface area contributed by atoms with E-state index in [4.69, 9.17) is 37.9 Å². The van der Waals surface area contributed by atoms with E-state index in [0.717, 1.165) is 25.7 Å². The van der Waals surface area contributed by atoms with E-state index in [9.17, 15) is 74.7 Å². The van der Waals surface area contributed by atoms with Crippen LogP contribution in [0.15, 0.2) is 0 Å². The number of hydrogen-bond donors (Lipinski definition) is 15. The quantitative estimate of drug-likeness (QED) is 0.0240. The van der Waals surface area contributed by atoms with Crippen LogP contribution in [0.5, 0.6) is 0 Å². The van der Waals surface area contributed by atoms with Crippen molar-refractivity contribution in [2.45, 2.75) is 225 Å². The maximum atomic E-state index is 12.8. The third kappa shape index (κ3) is 42.9. The Balaban J connectivity index is 5.11. The van der Waals surface area contributed by atoms with E-state index in [0.29, 0.717) is 77.6 Å². The fourth-order valence-electron chi connectivity index (χ4n) is 8.26. The largest absolute Gasteiger partial charge is 0.396 e. The van der Waals surface area contributed by atoms with E-state index in [1.54, 1.807) is 13.8 Å². The molecule has 29 nitrogen and oxygen atoms in total. The molecule has 29 heteroatoms. The highest BCUT2D eigenvalue weighted by atomic mass is 16.7. The van der Waals surface area contributed by atoms with Crippen molar-refractivity contribution in [2.24, 2.45) is 5.92 Å². The summed E-state index contributed by atoms with van der Waals surface area (Å²) < 4.78 is 46.1. The average Bonchev–Trinajstić information content (AvgIpc) is 3.67. The molecule has 7 unspecified atom stereocenters. The third-order valence-corrected chi connectivity index (χ3v) is 13.4. The van der Waals surface area contributed by atoms with Crippen molar-refractivity contribution < 1.29 is 113 Å². The third-order valence-electron chi connectivity index (χ3n) is 13.4. The van der Waals surface area contributed by atoms with Crippen molar-refractivity contribution in [3.8, 4) is 0 Å². The van der Waals surface area contributed by atoms with E-state index in [1.165, 1.54) is 34.6 Å². The van der Waals surface area contributed by atoms with Gasteiger partial charge in [-0.1, -0.05) is 38.5 Å². The zero-order chi connectivity index (χ0) is 64.7. The zero-order valence-electron chi connectivity index (χ0n) is 52.1. The lowest BCUT2D eigenvalue weighted by Gasteiger charge is -2.30. The van der Waals surface area contributed by atoms with Gasteiger partial charge in [0.25, 0.3) is 0 Å². The predicted octanol–water partition coefficient (Wildman–Crippen LogP) is -1.63. The van der Waals surface area contributed by atoms with Crippen LogP contribution in [0, 0.1) is 5.92 Å². The molecule has 0 aromatic carbocycles. The number of carbonyl (C=O) groups is 6. The number of hydrogen-bond acceptors (Lipinski definition) is 23. The molecule has 0 rings (SSSR count). The monoisotopic (exact) mass is 1250 g/mol. The van der Waals surface area contributed by atoms with Gasteiger partial charge >= 0.3 is 0 Å². The highest BCUT2D eigenvalue weighted by Gasteiger charge is 2.31. The molecule has 0 saturated heterocycles. The molecule has 0 aliphatic rings. The Morgan fingerprint density at radius 1 is 0.430 bits per heavy atom. The number of ether oxygens (including phenoxy) is 8. The van der Waals surface area contributed by atoms with Crippen molar-refractivity contribution in [1.82, 2.24) is 31.9 Å². The number of rotatable bonds is 57. The second kappa shape index (κ2) is 50.9. The van der Waals surface area contributed by atoms with Crippen LogP contribution < -0.4 is 31.9 Å². The molecule has 0 aromatic heterocycles. The minimum Gasteiger partial charge on any atom is -0.396 e. The lowest BCUT2D eigenvalue weighted by Crippen LogP contribution is -2.48. The van der Waals surface area contributed by atoms with Gasteiger partial charge in [-0.2, -0.15) is 0 Å². The number of nitrogens with one attached hydrogen (secondary N) is 6. The summed E-state index contributed by atoms with van der Waals surface area (Å²) in [5.41, 5.74) is -1.06. The Kier molecular flexibility index (Phi) is 48.7. The molecule has 0 aliphatic heterocycles. The van der Waals surface area contributed by atoms with Gasteiger partial charge in [0.15, 0.2) is 12.5 Å². The topological polar surface area (TPSA) is 431 Å². The van der Waals surface area contributed by atoms with Crippen LogP contribution in [0.3, 0.4) is 0 Å². The van der Waals surface area contributed by atoms with E-state index >= 15 is 0 Å². The van der Waals surface area contributed by atoms with Gasteiger partial charge < -0.3 is 116 Å². The molecule has 0 bridgehead atoms. The summed E-state index contributed by atoms with van der Waals surface area (Å²) in [5.74, 6) is -2.57. The number of aliphatic hydroxyl groups is 9. The van der Waals surface area contributed by atoms with Gasteiger partial charge in [-0.15, -0.1) is 0 Å². The second-order valence-electron chi connectivity index (χ2n) is 21.7. The predicted molar refractivity (Wildman–Crippen MR) is 312 cm³/mol. The molecule has 6 amide bonds. The van der Waals surface area contributed by atoms with Crippen molar-refractivity contribution >= 4 is 35.4 Å². The van der Waals surface area contributed by atoms with Crippen molar-refractivity contribution in [3.63, 3.8) is 0 Å².